The minimum Gasteiger partial charge on any atom is -0.469 e. The molecule has 0 radical (unpaired) electrons. The highest BCUT2D eigenvalue weighted by molar-refractivity contribution is 5.87. The third-order valence-corrected chi connectivity index (χ3v) is 15.1. The summed E-state index contributed by atoms with van der Waals surface area (Å²) in [6.07, 6.45) is -15.7. The lowest BCUT2D eigenvalue weighted by atomic mass is 9.81. The van der Waals surface area contributed by atoms with Gasteiger partial charge in [0.1, 0.15) is 37.1 Å². The number of hydrogen-bond donors (Lipinski definition) is 3. The van der Waals surface area contributed by atoms with Gasteiger partial charge >= 0.3 is 24.0 Å². The van der Waals surface area contributed by atoms with Gasteiger partial charge < -0.3 is 63.1 Å². The number of carbonyl (C=O) groups excluding carboxylic acids is 4. The van der Waals surface area contributed by atoms with Gasteiger partial charge in [-0.05, 0) is 61.2 Å². The number of azide groups is 1. The molecule has 6 unspecified atom stereocenters. The van der Waals surface area contributed by atoms with Crippen LogP contribution in [0.1, 0.15) is 90.2 Å². The molecule has 3 N–H and O–H groups in total. The van der Waals surface area contributed by atoms with Crippen LogP contribution in [0.2, 0.25) is 0 Å². The summed E-state index contributed by atoms with van der Waals surface area (Å²) in [5, 5.41) is 20.5. The number of amides is 2. The fourth-order valence-corrected chi connectivity index (χ4v) is 10.7. The van der Waals surface area contributed by atoms with E-state index in [9.17, 15) is 43.0 Å². The van der Waals surface area contributed by atoms with Crippen molar-refractivity contribution >= 4 is 23.8 Å². The molecule has 2 saturated carbocycles. The first kappa shape index (κ1) is 60.4. The van der Waals surface area contributed by atoms with Gasteiger partial charge in [-0.1, -0.05) is 135 Å². The van der Waals surface area contributed by atoms with Crippen LogP contribution < -0.4 is 10.6 Å². The van der Waals surface area contributed by atoms with Crippen molar-refractivity contribution in [3.05, 3.63) is 118 Å². The molecule has 80 heavy (non-hydrogen) atoms. The van der Waals surface area contributed by atoms with Crippen molar-refractivity contribution in [3.8, 4) is 0 Å². The van der Waals surface area contributed by atoms with Crippen molar-refractivity contribution in [2.75, 3.05) is 26.9 Å². The van der Waals surface area contributed by atoms with Crippen LogP contribution in [-0.2, 0) is 86.4 Å². The summed E-state index contributed by atoms with van der Waals surface area (Å²) in [4.78, 5) is 57.0. The molecule has 20 nitrogen and oxygen atoms in total. The number of alkyl halides is 3. The summed E-state index contributed by atoms with van der Waals surface area (Å²) >= 11 is 0. The van der Waals surface area contributed by atoms with E-state index >= 15 is 0 Å². The highest BCUT2D eigenvalue weighted by Crippen LogP contribution is 2.40. The summed E-state index contributed by atoms with van der Waals surface area (Å²) in [6.45, 7) is 2.00. The minimum atomic E-state index is -5.35. The minimum absolute atomic E-state index is 0.0385. The summed E-state index contributed by atoms with van der Waals surface area (Å²) in [7, 11) is 1.18. The van der Waals surface area contributed by atoms with Gasteiger partial charge in [0.05, 0.1) is 69.9 Å². The number of benzene rings is 3. The van der Waals surface area contributed by atoms with Gasteiger partial charge in [0.15, 0.2) is 18.7 Å². The van der Waals surface area contributed by atoms with Crippen molar-refractivity contribution in [2.45, 2.75) is 178 Å². The van der Waals surface area contributed by atoms with Crippen molar-refractivity contribution in [1.82, 2.24) is 10.6 Å². The van der Waals surface area contributed by atoms with Gasteiger partial charge in [-0.2, -0.15) is 13.2 Å². The van der Waals surface area contributed by atoms with E-state index in [1.165, 1.54) is 7.11 Å². The van der Waals surface area contributed by atoms with E-state index < -0.39 is 129 Å². The van der Waals surface area contributed by atoms with Crippen molar-refractivity contribution in [3.63, 3.8) is 0 Å². The van der Waals surface area contributed by atoms with Crippen molar-refractivity contribution < 1.29 is 86.2 Å². The van der Waals surface area contributed by atoms with Gasteiger partial charge in [-0.15, -0.1) is 0 Å². The highest BCUT2D eigenvalue weighted by Gasteiger charge is 2.54. The topological polar surface area (TPSA) is 254 Å². The second-order valence-electron chi connectivity index (χ2n) is 20.6. The number of nitrogens with zero attached hydrogens (tertiary/aromatic N) is 3. The summed E-state index contributed by atoms with van der Waals surface area (Å²) in [6, 6.07) is 24.8. The molecule has 0 aromatic heterocycles. The van der Waals surface area contributed by atoms with Crippen LogP contribution in [-0.4, -0.2) is 142 Å². The molecule has 438 valence electrons. The normalized spacial score (nSPS) is 29.7. The maximum atomic E-state index is 14.3. The van der Waals surface area contributed by atoms with Crippen LogP contribution in [0.4, 0.5) is 13.2 Å². The largest absolute Gasteiger partial charge is 0.471 e. The van der Waals surface area contributed by atoms with E-state index in [2.05, 4.69) is 15.3 Å². The lowest BCUT2D eigenvalue weighted by Gasteiger charge is -2.49. The Balaban J connectivity index is 1.28. The number of rotatable bonds is 25. The molecule has 2 aliphatic carbocycles. The molecule has 4 fully saturated rings. The zero-order chi connectivity index (χ0) is 57.9. The van der Waals surface area contributed by atoms with Crippen LogP contribution >= 0.6 is 0 Å². The Morgan fingerprint density at radius 3 is 2.05 bits per heavy atom. The molecule has 7 rings (SSSR count). The Bertz CT molecular complexity index is 2480. The molecule has 2 amide bonds. The molecule has 2 saturated heterocycles. The maximum Gasteiger partial charge on any atom is 0.471 e. The summed E-state index contributed by atoms with van der Waals surface area (Å²) < 4.78 is 112. The number of ether oxygens (including phenoxy) is 10. The number of nitrogens with one attached hydrogen (secondary N) is 2. The molecule has 4 aliphatic rings. The predicted molar refractivity (Wildman–Crippen MR) is 279 cm³/mol. The zero-order valence-electron chi connectivity index (χ0n) is 46.1. The highest BCUT2D eigenvalue weighted by atomic mass is 19.4. The van der Waals surface area contributed by atoms with Crippen LogP contribution in [0.5, 0.6) is 0 Å². The second-order valence-corrected chi connectivity index (χ2v) is 20.6. The number of aliphatic hydroxyl groups is 1. The molecular formula is C57H74F3N5O15. The molecule has 23 heteroatoms. The number of carbonyl (C=O) groups is 4. The molecule has 0 bridgehead atoms. The standard InChI is InChI=1S/C57H74F3N5O15/c1-5-72-33-44-47(67)50(77-43(26-36-18-10-6-11-19-36)53(69)75-32-39-24-16-9-17-25-39)46(63-45(66)29-62-56(70)57(58,59)60)54(79-44)78-42-28-40(52(68)71-4)27-41(64-65-61)49(42)80-55-51(74-31-38-22-14-8-15-23-38)48(34(2)35(3)76-55)73-30-37-20-12-7-13-21-37/h7-9,12-17,20-25,34-36,40-44,46-51,54-55,67H,5-6,10-11,18-19,26-33H2,1-4H3,(H,62,70)(H,63,66)/t34-,35?,40?,41?,42-,43+,44+,46?,47+,48+,49-,50?,51?,54-,55+/m1/s1/i1T. The van der Waals surface area contributed by atoms with E-state index in [1.54, 1.807) is 35.6 Å². The zero-order valence-corrected chi connectivity index (χ0v) is 45.1. The van der Waals surface area contributed by atoms with Crippen molar-refractivity contribution in [1.29, 1.82) is 0 Å². The average Bonchev–Trinajstić information content (AvgIpc) is 3.47. The molecular weight excluding hydrogens is 1050 g/mol. The van der Waals surface area contributed by atoms with E-state index in [0.717, 1.165) is 43.2 Å². The van der Waals surface area contributed by atoms with E-state index in [0.29, 0.717) is 5.56 Å². The number of hydrogen-bond acceptors (Lipinski definition) is 16. The third-order valence-electron chi connectivity index (χ3n) is 15.1. The Morgan fingerprint density at radius 2 is 1.45 bits per heavy atom. The van der Waals surface area contributed by atoms with Gasteiger partial charge in [0.25, 0.3) is 0 Å². The lowest BCUT2D eigenvalue weighted by molar-refractivity contribution is -0.339. The lowest BCUT2D eigenvalue weighted by Crippen LogP contribution is -2.68. The summed E-state index contributed by atoms with van der Waals surface area (Å²) in [5.41, 5.74) is 12.5. The molecule has 0 spiro atoms. The third kappa shape index (κ3) is 17.4. The summed E-state index contributed by atoms with van der Waals surface area (Å²) in [5.74, 6) is -6.48. The molecule has 3 aromatic carbocycles. The quantitative estimate of drug-likeness (QED) is 0.0247. The average molecular weight is 1130 g/mol. The molecule has 15 atom stereocenters. The Hall–Kier alpha value is -5.72. The van der Waals surface area contributed by atoms with E-state index in [-0.39, 0.29) is 64.4 Å². The molecule has 2 heterocycles. The SMILES string of the molecule is [3H]CCOC[C@@H]1O[C@@H](O[C@@H]2CC(C(=O)OC)CC(N=[N+]=[N-])[C@H]2O[C@@H]2OC(C)[C@@H](C)[C@H](OCc3ccccc3)C2OCc2ccccc2)C(NC(=O)CNC(=O)C(F)(F)F)C(O[C@@H](CC2CCCCC2)C(=O)OCc2ccccc2)[C@H]1O. The first-order valence-corrected chi connectivity index (χ1v) is 27.2. The monoisotopic (exact) mass is 1130 g/mol. The smallest absolute Gasteiger partial charge is 0.469 e. The first-order valence-electron chi connectivity index (χ1n) is 27.9. The van der Waals surface area contributed by atoms with Crippen LogP contribution in [0.25, 0.3) is 10.4 Å². The van der Waals surface area contributed by atoms with Crippen LogP contribution in [0.15, 0.2) is 96.1 Å². The number of esters is 2. The van der Waals surface area contributed by atoms with Gasteiger partial charge in [0.2, 0.25) is 5.91 Å². The van der Waals surface area contributed by atoms with Gasteiger partial charge in [-0.3, -0.25) is 14.4 Å². The van der Waals surface area contributed by atoms with Gasteiger partial charge in [-0.25, -0.2) is 4.79 Å². The fraction of sp³-hybridized carbons (Fsp3) is 0.614. The fourth-order valence-electron chi connectivity index (χ4n) is 10.7. The molecule has 3 aromatic rings. The van der Waals surface area contributed by atoms with Gasteiger partial charge in [0, 0.05) is 18.8 Å². The number of methoxy groups -OCH3 is 1. The second kappa shape index (κ2) is 30.4. The van der Waals surface area contributed by atoms with Crippen LogP contribution in [0, 0.1) is 17.8 Å². The first-order chi connectivity index (χ1) is 39.1. The van der Waals surface area contributed by atoms with E-state index in [1.807, 2.05) is 74.5 Å². The number of halogens is 3. The van der Waals surface area contributed by atoms with Crippen molar-refractivity contribution in [2.24, 2.45) is 22.9 Å². The predicted octanol–water partition coefficient (Wildman–Crippen LogP) is 7.32. The molecule has 2 aliphatic heterocycles. The number of aliphatic hydroxyl groups excluding tert-OH is 1. The Kier molecular flexibility index (Phi) is 22.9. The Morgan fingerprint density at radius 1 is 0.825 bits per heavy atom. The van der Waals surface area contributed by atoms with Crippen LogP contribution in [0.3, 0.4) is 0 Å². The Labute approximate surface area is 464 Å². The maximum absolute atomic E-state index is 14.3. The van der Waals surface area contributed by atoms with E-state index in [4.69, 9.17) is 48.7 Å².